The van der Waals surface area contributed by atoms with Crippen LogP contribution in [0, 0.1) is 11.3 Å². The molecule has 0 bridgehead atoms. The monoisotopic (exact) mass is 575 g/mol. The largest absolute Gasteiger partial charge is 0.309 e. The van der Waals surface area contributed by atoms with E-state index in [9.17, 15) is 5.26 Å². The Balaban J connectivity index is 1.32. The van der Waals surface area contributed by atoms with E-state index in [1.54, 1.807) is 0 Å². The second-order valence-corrected chi connectivity index (χ2v) is 10.9. The third kappa shape index (κ3) is 4.81. The van der Waals surface area contributed by atoms with Crippen LogP contribution in [0.3, 0.4) is 0 Å². The summed E-state index contributed by atoms with van der Waals surface area (Å²) in [5, 5.41) is 11.8. The third-order valence-corrected chi connectivity index (χ3v) is 8.08. The van der Waals surface area contributed by atoms with Crippen molar-refractivity contribution in [2.45, 2.75) is 0 Å². The van der Waals surface area contributed by atoms with Gasteiger partial charge >= 0.3 is 0 Å². The van der Waals surface area contributed by atoms with Gasteiger partial charge in [-0.25, -0.2) is 15.0 Å². The number of fused-ring (bicyclic) bond motifs is 3. The van der Waals surface area contributed by atoms with Gasteiger partial charge in [0.1, 0.15) is 0 Å². The van der Waals surface area contributed by atoms with Gasteiger partial charge in [-0.05, 0) is 59.7 Å². The number of hydrogen-bond acceptors (Lipinski definition) is 4. The second-order valence-electron chi connectivity index (χ2n) is 10.9. The first kappa shape index (κ1) is 26.3. The average molecular weight is 576 g/mol. The fourth-order valence-corrected chi connectivity index (χ4v) is 5.88. The van der Waals surface area contributed by atoms with E-state index < -0.39 is 0 Å². The normalized spacial score (nSPS) is 11.1. The predicted molar refractivity (Wildman–Crippen MR) is 181 cm³/mol. The van der Waals surface area contributed by atoms with Crippen LogP contribution in [0.4, 0.5) is 0 Å². The van der Waals surface area contributed by atoms with Gasteiger partial charge < -0.3 is 4.57 Å². The van der Waals surface area contributed by atoms with Crippen molar-refractivity contribution in [1.82, 2.24) is 19.5 Å². The Labute approximate surface area is 260 Å². The molecule has 0 spiro atoms. The molecule has 0 aliphatic rings. The molecular weight excluding hydrogens is 550 g/mol. The number of hydrogen-bond donors (Lipinski definition) is 0. The third-order valence-electron chi connectivity index (χ3n) is 8.08. The summed E-state index contributed by atoms with van der Waals surface area (Å²) in [6.07, 6.45) is 0. The molecule has 210 valence electrons. The molecular formula is C40H25N5. The van der Waals surface area contributed by atoms with Crippen molar-refractivity contribution in [3.05, 3.63) is 157 Å². The molecule has 0 unspecified atom stereocenters. The van der Waals surface area contributed by atoms with Gasteiger partial charge in [-0.15, -0.1) is 0 Å². The molecule has 0 N–H and O–H groups in total. The lowest BCUT2D eigenvalue weighted by Crippen LogP contribution is -2.00. The van der Waals surface area contributed by atoms with Crippen LogP contribution in [0.25, 0.3) is 72.8 Å². The van der Waals surface area contributed by atoms with Crippen molar-refractivity contribution in [2.75, 3.05) is 0 Å². The molecule has 0 saturated heterocycles. The first-order valence-electron chi connectivity index (χ1n) is 14.8. The molecule has 0 atom stereocenters. The van der Waals surface area contributed by atoms with E-state index >= 15 is 0 Å². The van der Waals surface area contributed by atoms with E-state index in [2.05, 4.69) is 77.4 Å². The summed E-state index contributed by atoms with van der Waals surface area (Å²) in [4.78, 5) is 14.7. The number of rotatable bonds is 5. The molecule has 0 fully saturated rings. The first-order valence-corrected chi connectivity index (χ1v) is 14.8. The Morgan fingerprint density at radius 3 is 1.42 bits per heavy atom. The topological polar surface area (TPSA) is 67.4 Å². The molecule has 5 heteroatoms. The summed E-state index contributed by atoms with van der Waals surface area (Å²) < 4.78 is 2.25. The predicted octanol–water partition coefficient (Wildman–Crippen LogP) is 9.51. The zero-order valence-electron chi connectivity index (χ0n) is 24.2. The molecule has 0 aliphatic carbocycles. The van der Waals surface area contributed by atoms with Crippen molar-refractivity contribution >= 4 is 21.8 Å². The Hall–Kier alpha value is -6.38. The zero-order valence-corrected chi connectivity index (χ0v) is 24.2. The maximum absolute atomic E-state index is 9.76. The highest BCUT2D eigenvalue weighted by molar-refractivity contribution is 6.10. The smallest absolute Gasteiger partial charge is 0.164 e. The molecule has 0 aliphatic heterocycles. The van der Waals surface area contributed by atoms with Crippen LogP contribution >= 0.6 is 0 Å². The van der Waals surface area contributed by atoms with Crippen LogP contribution in [-0.2, 0) is 0 Å². The summed E-state index contributed by atoms with van der Waals surface area (Å²) in [7, 11) is 0. The molecule has 6 aromatic carbocycles. The van der Waals surface area contributed by atoms with Crippen molar-refractivity contribution < 1.29 is 0 Å². The van der Waals surface area contributed by atoms with Gasteiger partial charge in [0, 0.05) is 33.2 Å². The fourth-order valence-electron chi connectivity index (χ4n) is 5.88. The lowest BCUT2D eigenvalue weighted by atomic mass is 10.1. The Bertz CT molecular complexity index is 2300. The minimum Gasteiger partial charge on any atom is -0.309 e. The summed E-state index contributed by atoms with van der Waals surface area (Å²) in [6.45, 7) is 0. The van der Waals surface area contributed by atoms with Crippen LogP contribution in [-0.4, -0.2) is 19.5 Å². The maximum Gasteiger partial charge on any atom is 0.164 e. The Morgan fingerprint density at radius 1 is 0.422 bits per heavy atom. The number of benzene rings is 6. The van der Waals surface area contributed by atoms with Crippen LogP contribution < -0.4 is 0 Å². The van der Waals surface area contributed by atoms with Gasteiger partial charge in [-0.3, -0.25) is 0 Å². The molecule has 2 aromatic heterocycles. The van der Waals surface area contributed by atoms with Crippen molar-refractivity contribution in [2.24, 2.45) is 0 Å². The highest BCUT2D eigenvalue weighted by Gasteiger charge is 2.17. The Morgan fingerprint density at radius 2 is 0.867 bits per heavy atom. The van der Waals surface area contributed by atoms with E-state index in [-0.39, 0.29) is 0 Å². The van der Waals surface area contributed by atoms with Gasteiger partial charge in [-0.2, -0.15) is 5.26 Å². The van der Waals surface area contributed by atoms with Crippen molar-refractivity contribution in [3.63, 3.8) is 0 Å². The van der Waals surface area contributed by atoms with E-state index in [0.29, 0.717) is 23.0 Å². The second kappa shape index (κ2) is 11.0. The molecule has 0 amide bonds. The van der Waals surface area contributed by atoms with E-state index in [0.717, 1.165) is 49.7 Å². The van der Waals surface area contributed by atoms with Gasteiger partial charge in [0.05, 0.1) is 22.7 Å². The molecule has 2 heterocycles. The standard InChI is InChI=1S/C40H25N5/c41-26-27-16-22-36-34(24-27)35-25-32(19-23-37(35)45(36)33-20-17-29(18-21-33)28-10-4-1-5-11-28)40-43-38(30-12-6-2-7-13-30)42-39(44-40)31-14-8-3-9-15-31/h1-25H. The SMILES string of the molecule is N#Cc1ccc2c(c1)c1cc(-c3nc(-c4ccccc4)nc(-c4ccccc4)n3)ccc1n2-c1ccc(-c2ccccc2)cc1. The lowest BCUT2D eigenvalue weighted by Gasteiger charge is -2.10. The van der Waals surface area contributed by atoms with Crippen LogP contribution in [0.5, 0.6) is 0 Å². The summed E-state index contributed by atoms with van der Waals surface area (Å²) in [5.74, 6) is 1.83. The zero-order chi connectivity index (χ0) is 30.2. The van der Waals surface area contributed by atoms with Gasteiger partial charge in [0.15, 0.2) is 17.5 Å². The quantitative estimate of drug-likeness (QED) is 0.205. The summed E-state index contributed by atoms with van der Waals surface area (Å²) in [5.41, 5.74) is 8.79. The Kier molecular flexibility index (Phi) is 6.44. The molecule has 8 aromatic rings. The number of nitrogens with zero attached hydrogens (tertiary/aromatic N) is 5. The number of aromatic nitrogens is 4. The van der Waals surface area contributed by atoms with Crippen molar-refractivity contribution in [3.8, 4) is 57.0 Å². The highest BCUT2D eigenvalue weighted by atomic mass is 15.0. The van der Waals surface area contributed by atoms with Crippen LogP contribution in [0.15, 0.2) is 152 Å². The minimum atomic E-state index is 0.592. The molecule has 0 saturated carbocycles. The van der Waals surface area contributed by atoms with E-state index in [4.69, 9.17) is 15.0 Å². The van der Waals surface area contributed by atoms with Gasteiger partial charge in [0.2, 0.25) is 0 Å². The molecule has 45 heavy (non-hydrogen) atoms. The van der Waals surface area contributed by atoms with Crippen LogP contribution in [0.1, 0.15) is 5.56 Å². The first-order chi connectivity index (χ1) is 22.2. The molecule has 5 nitrogen and oxygen atoms in total. The lowest BCUT2D eigenvalue weighted by molar-refractivity contribution is 1.07. The number of nitriles is 1. The molecule has 8 rings (SSSR count). The van der Waals surface area contributed by atoms with Crippen molar-refractivity contribution in [1.29, 1.82) is 5.26 Å². The van der Waals surface area contributed by atoms with Crippen LogP contribution in [0.2, 0.25) is 0 Å². The van der Waals surface area contributed by atoms with Gasteiger partial charge in [0.25, 0.3) is 0 Å². The van der Waals surface area contributed by atoms with Gasteiger partial charge in [-0.1, -0.05) is 103 Å². The highest BCUT2D eigenvalue weighted by Crippen LogP contribution is 2.36. The van der Waals surface area contributed by atoms with E-state index in [1.165, 1.54) is 5.56 Å². The van der Waals surface area contributed by atoms with E-state index in [1.807, 2.05) is 84.9 Å². The minimum absolute atomic E-state index is 0.592. The molecule has 0 radical (unpaired) electrons. The average Bonchev–Trinajstić information content (AvgIpc) is 3.45. The summed E-state index contributed by atoms with van der Waals surface area (Å²) >= 11 is 0. The fraction of sp³-hybridized carbons (Fsp3) is 0. The maximum atomic E-state index is 9.76. The summed E-state index contributed by atoms with van der Waals surface area (Å²) in [6, 6.07) is 53.5.